The van der Waals surface area contributed by atoms with Crippen LogP contribution in [0.15, 0.2) is 66.7 Å². The molecule has 2 amide bonds. The number of halogens is 1. The largest absolute Gasteiger partial charge is 0.492 e. The van der Waals surface area contributed by atoms with Gasteiger partial charge in [-0.3, -0.25) is 14.5 Å². The molecule has 1 fully saturated rings. The Kier molecular flexibility index (Phi) is 7.54. The fourth-order valence-corrected chi connectivity index (χ4v) is 5.16. The number of piperidine rings is 1. The molecule has 36 heavy (non-hydrogen) atoms. The predicted molar refractivity (Wildman–Crippen MR) is 144 cm³/mol. The highest BCUT2D eigenvalue weighted by atomic mass is 35.5. The first kappa shape index (κ1) is 24.3. The van der Waals surface area contributed by atoms with E-state index in [9.17, 15) is 9.59 Å². The average Bonchev–Trinajstić information content (AvgIpc) is 3.02. The van der Waals surface area contributed by atoms with Crippen molar-refractivity contribution in [2.24, 2.45) is 0 Å². The third kappa shape index (κ3) is 5.40. The van der Waals surface area contributed by atoms with Gasteiger partial charge in [0.15, 0.2) is 0 Å². The molecule has 0 bridgehead atoms. The molecule has 186 valence electrons. The average molecular weight is 504 g/mol. The van der Waals surface area contributed by atoms with E-state index in [2.05, 4.69) is 10.2 Å². The van der Waals surface area contributed by atoms with Gasteiger partial charge in [0.2, 0.25) is 5.91 Å². The Morgan fingerprint density at radius 2 is 1.69 bits per heavy atom. The lowest BCUT2D eigenvalue weighted by atomic mass is 10.1. The van der Waals surface area contributed by atoms with Crippen LogP contribution in [0.5, 0.6) is 5.75 Å². The van der Waals surface area contributed by atoms with Gasteiger partial charge in [-0.15, -0.1) is 0 Å². The number of rotatable bonds is 7. The van der Waals surface area contributed by atoms with Crippen molar-refractivity contribution in [1.82, 2.24) is 4.90 Å². The van der Waals surface area contributed by atoms with E-state index < -0.39 is 0 Å². The van der Waals surface area contributed by atoms with Crippen molar-refractivity contribution in [1.29, 1.82) is 0 Å². The van der Waals surface area contributed by atoms with Crippen molar-refractivity contribution in [2.75, 3.05) is 36.5 Å². The van der Waals surface area contributed by atoms with E-state index in [-0.39, 0.29) is 18.2 Å². The Morgan fingerprint density at radius 3 is 2.50 bits per heavy atom. The number of anilines is 3. The number of nitrogens with zero attached hydrogens (tertiary/aromatic N) is 2. The van der Waals surface area contributed by atoms with Gasteiger partial charge in [0.1, 0.15) is 5.75 Å². The number of para-hydroxylation sites is 3. The number of amides is 2. The lowest BCUT2D eigenvalue weighted by Gasteiger charge is -2.26. The fraction of sp³-hybridized carbons (Fsp3) is 0.310. The molecule has 3 aromatic rings. The Morgan fingerprint density at radius 1 is 0.944 bits per heavy atom. The quantitative estimate of drug-likeness (QED) is 0.398. The molecule has 0 saturated carbocycles. The van der Waals surface area contributed by atoms with Crippen molar-refractivity contribution in [3.05, 3.63) is 82.9 Å². The Hall–Kier alpha value is -3.35. The maximum atomic E-state index is 13.6. The second-order valence-corrected chi connectivity index (χ2v) is 9.67. The molecule has 0 radical (unpaired) electrons. The molecular formula is C29H30ClN3O3. The number of hydrogen-bond acceptors (Lipinski definition) is 4. The maximum Gasteiger partial charge on any atom is 0.257 e. The van der Waals surface area contributed by atoms with Crippen LogP contribution in [-0.2, 0) is 11.2 Å². The summed E-state index contributed by atoms with van der Waals surface area (Å²) in [6.07, 6.45) is 4.99. The van der Waals surface area contributed by atoms with Gasteiger partial charge in [0.05, 0.1) is 40.7 Å². The van der Waals surface area contributed by atoms with Crippen LogP contribution in [0.4, 0.5) is 17.1 Å². The molecule has 5 rings (SSSR count). The van der Waals surface area contributed by atoms with Crippen molar-refractivity contribution >= 4 is 40.5 Å². The monoisotopic (exact) mass is 503 g/mol. The van der Waals surface area contributed by atoms with Crippen molar-refractivity contribution in [3.63, 3.8) is 0 Å². The number of likely N-dealkylation sites (tertiary alicyclic amines) is 1. The van der Waals surface area contributed by atoms with E-state index in [4.69, 9.17) is 16.3 Å². The van der Waals surface area contributed by atoms with Gasteiger partial charge < -0.3 is 15.0 Å². The number of nitrogens with one attached hydrogen (secondary N) is 1. The number of benzene rings is 3. The van der Waals surface area contributed by atoms with Gasteiger partial charge in [0, 0.05) is 6.54 Å². The first-order valence-electron chi connectivity index (χ1n) is 12.6. The first-order valence-corrected chi connectivity index (χ1v) is 12.9. The number of carbonyl (C=O) groups excluding carboxylic acids is 2. The minimum Gasteiger partial charge on any atom is -0.492 e. The summed E-state index contributed by atoms with van der Waals surface area (Å²) >= 11 is 6.52. The number of fused-ring (bicyclic) bond motifs is 2. The maximum absolute atomic E-state index is 13.6. The van der Waals surface area contributed by atoms with E-state index in [1.807, 2.05) is 36.4 Å². The Labute approximate surface area is 216 Å². The molecule has 2 aliphatic heterocycles. The van der Waals surface area contributed by atoms with E-state index in [0.29, 0.717) is 40.0 Å². The Balaban J connectivity index is 1.28. The zero-order chi connectivity index (χ0) is 24.9. The molecule has 2 aliphatic rings. The van der Waals surface area contributed by atoms with Crippen LogP contribution in [0.25, 0.3) is 0 Å². The van der Waals surface area contributed by atoms with Crippen LogP contribution >= 0.6 is 11.6 Å². The molecule has 6 nitrogen and oxygen atoms in total. The minimum atomic E-state index is -0.238. The summed E-state index contributed by atoms with van der Waals surface area (Å²) in [5.41, 5.74) is 3.03. The van der Waals surface area contributed by atoms with Crippen LogP contribution in [0.3, 0.4) is 0 Å². The normalized spacial score (nSPS) is 15.5. The summed E-state index contributed by atoms with van der Waals surface area (Å²) in [4.78, 5) is 30.5. The third-order valence-electron chi connectivity index (χ3n) is 6.71. The van der Waals surface area contributed by atoms with Gasteiger partial charge in [-0.25, -0.2) is 0 Å². The lowest BCUT2D eigenvalue weighted by molar-refractivity contribution is -0.117. The van der Waals surface area contributed by atoms with Crippen LogP contribution in [0.2, 0.25) is 5.02 Å². The van der Waals surface area contributed by atoms with Crippen LogP contribution in [0, 0.1) is 0 Å². The molecule has 1 saturated heterocycles. The second kappa shape index (κ2) is 11.1. The number of carbonyl (C=O) groups is 2. The molecular weight excluding hydrogens is 474 g/mol. The molecule has 0 aromatic heterocycles. The topological polar surface area (TPSA) is 61.9 Å². The summed E-state index contributed by atoms with van der Waals surface area (Å²) in [7, 11) is 0. The summed E-state index contributed by atoms with van der Waals surface area (Å²) in [6.45, 7) is 4.01. The highest BCUT2D eigenvalue weighted by Crippen LogP contribution is 2.38. The molecule has 0 atom stereocenters. The van der Waals surface area contributed by atoms with Crippen molar-refractivity contribution < 1.29 is 14.3 Å². The second-order valence-electron chi connectivity index (χ2n) is 9.26. The molecule has 0 unspecified atom stereocenters. The summed E-state index contributed by atoms with van der Waals surface area (Å²) in [5, 5.41) is 3.41. The SMILES string of the molecule is O=C1Nc2ccccc2N(C(=O)Cc2ccc(OCCCN3CCCCC3)c(Cl)c2)c2ccccc21. The van der Waals surface area contributed by atoms with Gasteiger partial charge in [-0.05, 0) is 74.3 Å². The minimum absolute atomic E-state index is 0.131. The van der Waals surface area contributed by atoms with Crippen LogP contribution in [-0.4, -0.2) is 43.0 Å². The molecule has 7 heteroatoms. The summed E-state index contributed by atoms with van der Waals surface area (Å²) in [5.74, 6) is 0.239. The molecule has 0 spiro atoms. The van der Waals surface area contributed by atoms with Crippen molar-refractivity contribution in [3.8, 4) is 5.75 Å². The van der Waals surface area contributed by atoms with Gasteiger partial charge in [-0.1, -0.05) is 48.4 Å². The zero-order valence-corrected chi connectivity index (χ0v) is 21.0. The van der Waals surface area contributed by atoms with E-state index in [1.165, 1.54) is 32.4 Å². The molecule has 3 aromatic carbocycles. The van der Waals surface area contributed by atoms with E-state index in [1.54, 1.807) is 35.2 Å². The smallest absolute Gasteiger partial charge is 0.257 e. The summed E-state index contributed by atoms with van der Waals surface area (Å²) < 4.78 is 5.93. The van der Waals surface area contributed by atoms with Crippen LogP contribution < -0.4 is 15.0 Å². The molecule has 1 N–H and O–H groups in total. The van der Waals surface area contributed by atoms with E-state index in [0.717, 1.165) is 18.5 Å². The lowest BCUT2D eigenvalue weighted by Crippen LogP contribution is -2.31. The highest BCUT2D eigenvalue weighted by molar-refractivity contribution is 6.32. The standard InChI is InChI=1S/C29H30ClN3O3/c30-23-19-21(13-14-27(23)36-18-8-17-32-15-6-1-7-16-32)20-28(34)33-25-11-4-2-9-22(25)29(35)31-24-10-3-5-12-26(24)33/h2-5,9-14,19H,1,6-8,15-18,20H2,(H,31,35). The highest BCUT2D eigenvalue weighted by Gasteiger charge is 2.29. The van der Waals surface area contributed by atoms with Crippen LogP contribution in [0.1, 0.15) is 41.6 Å². The number of hydrogen-bond donors (Lipinski definition) is 1. The number of ether oxygens (including phenoxy) is 1. The summed E-state index contributed by atoms with van der Waals surface area (Å²) in [6, 6.07) is 20.0. The molecule has 2 heterocycles. The zero-order valence-electron chi connectivity index (χ0n) is 20.2. The molecule has 0 aliphatic carbocycles. The van der Waals surface area contributed by atoms with Gasteiger partial charge in [-0.2, -0.15) is 0 Å². The van der Waals surface area contributed by atoms with E-state index >= 15 is 0 Å². The first-order chi connectivity index (χ1) is 17.6. The van der Waals surface area contributed by atoms with Gasteiger partial charge >= 0.3 is 0 Å². The van der Waals surface area contributed by atoms with Gasteiger partial charge in [0.25, 0.3) is 5.91 Å². The van der Waals surface area contributed by atoms with Crippen molar-refractivity contribution in [2.45, 2.75) is 32.1 Å². The Bertz CT molecular complexity index is 1260. The third-order valence-corrected chi connectivity index (χ3v) is 7.00. The predicted octanol–water partition coefficient (Wildman–Crippen LogP) is 6.07. The fourth-order valence-electron chi connectivity index (χ4n) is 4.90.